The Morgan fingerprint density at radius 2 is 1.84 bits per heavy atom. The van der Waals surface area contributed by atoms with Crippen LogP contribution in [0, 0.1) is 6.92 Å². The number of hydrogen-bond acceptors (Lipinski definition) is 5. The van der Waals surface area contributed by atoms with Crippen LogP contribution < -0.4 is 4.90 Å². The lowest BCUT2D eigenvalue weighted by Crippen LogP contribution is -2.31. The van der Waals surface area contributed by atoms with E-state index in [0.717, 1.165) is 61.8 Å². The summed E-state index contributed by atoms with van der Waals surface area (Å²) in [7, 11) is 1.93. The Bertz CT molecular complexity index is 857. The van der Waals surface area contributed by atoms with E-state index in [1.807, 2.05) is 24.9 Å². The second-order valence-electron chi connectivity index (χ2n) is 6.70. The Hall–Kier alpha value is -2.47. The Morgan fingerprint density at radius 3 is 2.68 bits per heavy atom. The molecule has 4 rings (SSSR count). The van der Waals surface area contributed by atoms with Crippen molar-refractivity contribution < 1.29 is 0 Å². The molecule has 1 fully saturated rings. The third-order valence-corrected chi connectivity index (χ3v) is 4.82. The molecule has 0 amide bonds. The van der Waals surface area contributed by atoms with E-state index in [9.17, 15) is 0 Å². The molecule has 3 heterocycles. The van der Waals surface area contributed by atoms with Crippen LogP contribution in [0.3, 0.4) is 0 Å². The van der Waals surface area contributed by atoms with E-state index >= 15 is 0 Å². The molecule has 0 atom stereocenters. The average Bonchev–Trinajstić information content (AvgIpc) is 2.84. The minimum atomic E-state index is 0.802. The Kier molecular flexibility index (Phi) is 4.36. The van der Waals surface area contributed by atoms with E-state index in [1.54, 1.807) is 0 Å². The predicted molar refractivity (Wildman–Crippen MR) is 99.6 cm³/mol. The summed E-state index contributed by atoms with van der Waals surface area (Å²) in [6.07, 6.45) is 3.02. The quantitative estimate of drug-likeness (QED) is 0.735. The number of benzene rings is 1. The lowest BCUT2D eigenvalue weighted by molar-refractivity contribution is 0.285. The summed E-state index contributed by atoms with van der Waals surface area (Å²) in [6, 6.07) is 10.7. The van der Waals surface area contributed by atoms with Crippen molar-refractivity contribution >= 4 is 16.9 Å². The summed E-state index contributed by atoms with van der Waals surface area (Å²) in [5.74, 6) is 1.83. The van der Waals surface area contributed by atoms with Gasteiger partial charge < -0.3 is 4.90 Å². The molecule has 1 aliphatic heterocycles. The van der Waals surface area contributed by atoms with Gasteiger partial charge >= 0.3 is 0 Å². The Morgan fingerprint density at radius 1 is 1.00 bits per heavy atom. The maximum atomic E-state index is 4.73. The number of hydrogen-bond donors (Lipinski definition) is 0. The number of anilines is 1. The van der Waals surface area contributed by atoms with E-state index in [1.165, 1.54) is 5.56 Å². The molecule has 6 nitrogen and oxygen atoms in total. The van der Waals surface area contributed by atoms with Gasteiger partial charge in [0.15, 0.2) is 5.65 Å². The molecule has 1 aliphatic rings. The SMILES string of the molecule is Cc1nc(N2CCCN(Cc3ccccc3)CC2)c2cnn(C)c2n1. The van der Waals surface area contributed by atoms with Crippen LogP contribution in [0.25, 0.3) is 11.0 Å². The summed E-state index contributed by atoms with van der Waals surface area (Å²) >= 11 is 0. The highest BCUT2D eigenvalue weighted by atomic mass is 15.3. The molecule has 25 heavy (non-hydrogen) atoms. The molecule has 3 aromatic rings. The van der Waals surface area contributed by atoms with Gasteiger partial charge in [-0.05, 0) is 18.9 Å². The third kappa shape index (κ3) is 3.35. The molecule has 0 saturated carbocycles. The maximum Gasteiger partial charge on any atom is 0.163 e. The molecule has 0 unspecified atom stereocenters. The minimum Gasteiger partial charge on any atom is -0.355 e. The molecule has 0 N–H and O–H groups in total. The fourth-order valence-corrected chi connectivity index (χ4v) is 3.54. The van der Waals surface area contributed by atoms with Crippen molar-refractivity contribution in [3.05, 3.63) is 47.9 Å². The predicted octanol–water partition coefficient (Wildman–Crippen LogP) is 2.38. The molecule has 0 bridgehead atoms. The zero-order valence-corrected chi connectivity index (χ0v) is 14.9. The van der Waals surface area contributed by atoms with Crippen molar-refractivity contribution in [2.75, 3.05) is 31.1 Å². The molecule has 0 radical (unpaired) electrons. The van der Waals surface area contributed by atoms with Gasteiger partial charge in [-0.25, -0.2) is 9.97 Å². The second-order valence-corrected chi connectivity index (χ2v) is 6.70. The monoisotopic (exact) mass is 336 g/mol. The number of nitrogens with zero attached hydrogens (tertiary/aromatic N) is 6. The molecule has 0 spiro atoms. The fourth-order valence-electron chi connectivity index (χ4n) is 3.54. The Labute approximate surface area is 148 Å². The van der Waals surface area contributed by atoms with E-state index in [2.05, 4.69) is 50.2 Å². The lowest BCUT2D eigenvalue weighted by Gasteiger charge is -2.23. The van der Waals surface area contributed by atoms with Gasteiger partial charge in [0, 0.05) is 39.8 Å². The third-order valence-electron chi connectivity index (χ3n) is 4.82. The van der Waals surface area contributed by atoms with E-state index in [0.29, 0.717) is 0 Å². The van der Waals surface area contributed by atoms with Crippen LogP contribution in [0.2, 0.25) is 0 Å². The summed E-state index contributed by atoms with van der Waals surface area (Å²) in [6.45, 7) is 7.12. The van der Waals surface area contributed by atoms with Gasteiger partial charge in [0.05, 0.1) is 11.6 Å². The molecular formula is C19H24N6. The van der Waals surface area contributed by atoms with Crippen molar-refractivity contribution in [2.24, 2.45) is 7.05 Å². The normalized spacial score (nSPS) is 16.3. The average molecular weight is 336 g/mol. The fraction of sp³-hybridized carbons (Fsp3) is 0.421. The highest BCUT2D eigenvalue weighted by Gasteiger charge is 2.20. The van der Waals surface area contributed by atoms with Gasteiger partial charge in [-0.1, -0.05) is 30.3 Å². The van der Waals surface area contributed by atoms with E-state index < -0.39 is 0 Å². The first-order valence-electron chi connectivity index (χ1n) is 8.88. The van der Waals surface area contributed by atoms with E-state index in [-0.39, 0.29) is 0 Å². The summed E-state index contributed by atoms with van der Waals surface area (Å²) in [5, 5.41) is 5.41. The van der Waals surface area contributed by atoms with Crippen LogP contribution in [0.4, 0.5) is 5.82 Å². The molecule has 1 saturated heterocycles. The topological polar surface area (TPSA) is 50.1 Å². The first kappa shape index (κ1) is 16.0. The van der Waals surface area contributed by atoms with Crippen LogP contribution in [-0.2, 0) is 13.6 Å². The van der Waals surface area contributed by atoms with Crippen LogP contribution in [0.15, 0.2) is 36.5 Å². The van der Waals surface area contributed by atoms with Crippen molar-refractivity contribution in [1.29, 1.82) is 0 Å². The highest BCUT2D eigenvalue weighted by molar-refractivity contribution is 5.86. The summed E-state index contributed by atoms with van der Waals surface area (Å²) in [5.41, 5.74) is 2.29. The van der Waals surface area contributed by atoms with Crippen LogP contribution in [0.5, 0.6) is 0 Å². The molecule has 0 aliphatic carbocycles. The lowest BCUT2D eigenvalue weighted by atomic mass is 10.2. The summed E-state index contributed by atoms with van der Waals surface area (Å²) < 4.78 is 1.83. The van der Waals surface area contributed by atoms with Crippen LogP contribution in [-0.4, -0.2) is 50.8 Å². The zero-order chi connectivity index (χ0) is 17.2. The molecule has 1 aromatic carbocycles. The molecule has 2 aromatic heterocycles. The largest absolute Gasteiger partial charge is 0.355 e. The van der Waals surface area contributed by atoms with Crippen molar-refractivity contribution in [2.45, 2.75) is 19.9 Å². The number of fused-ring (bicyclic) bond motifs is 1. The van der Waals surface area contributed by atoms with Crippen molar-refractivity contribution in [3.63, 3.8) is 0 Å². The molecular weight excluding hydrogens is 312 g/mol. The molecule has 130 valence electrons. The second kappa shape index (κ2) is 6.80. The van der Waals surface area contributed by atoms with Gasteiger partial charge in [-0.2, -0.15) is 5.10 Å². The molecule has 6 heteroatoms. The number of rotatable bonds is 3. The standard InChI is InChI=1S/C19H24N6/c1-15-21-18-17(13-20-23(18)2)19(22-15)25-10-6-9-24(11-12-25)14-16-7-4-3-5-8-16/h3-5,7-8,13H,6,9-12,14H2,1-2H3. The highest BCUT2D eigenvalue weighted by Crippen LogP contribution is 2.24. The maximum absolute atomic E-state index is 4.73. The Balaban J connectivity index is 1.53. The van der Waals surface area contributed by atoms with Gasteiger partial charge in [0.2, 0.25) is 0 Å². The zero-order valence-electron chi connectivity index (χ0n) is 14.9. The van der Waals surface area contributed by atoms with Crippen LogP contribution >= 0.6 is 0 Å². The smallest absolute Gasteiger partial charge is 0.163 e. The first-order chi connectivity index (χ1) is 12.2. The van der Waals surface area contributed by atoms with Gasteiger partial charge in [-0.3, -0.25) is 9.58 Å². The van der Waals surface area contributed by atoms with Gasteiger partial charge in [-0.15, -0.1) is 0 Å². The van der Waals surface area contributed by atoms with Crippen molar-refractivity contribution in [1.82, 2.24) is 24.6 Å². The van der Waals surface area contributed by atoms with Gasteiger partial charge in [0.1, 0.15) is 11.6 Å². The van der Waals surface area contributed by atoms with Crippen molar-refractivity contribution in [3.8, 4) is 0 Å². The first-order valence-corrected chi connectivity index (χ1v) is 8.88. The van der Waals surface area contributed by atoms with E-state index in [4.69, 9.17) is 4.98 Å². The summed E-state index contributed by atoms with van der Waals surface area (Å²) in [4.78, 5) is 14.2. The number of aromatic nitrogens is 4. The van der Waals surface area contributed by atoms with Gasteiger partial charge in [0.25, 0.3) is 0 Å². The van der Waals surface area contributed by atoms with Crippen LogP contribution in [0.1, 0.15) is 17.8 Å². The number of aryl methyl sites for hydroxylation is 2. The minimum absolute atomic E-state index is 0.802.